The van der Waals surface area contributed by atoms with Crippen molar-refractivity contribution in [3.8, 4) is 33.8 Å². The van der Waals surface area contributed by atoms with Gasteiger partial charge in [-0.05, 0) is 78.8 Å². The van der Waals surface area contributed by atoms with E-state index in [1.807, 2.05) is 13.8 Å². The van der Waals surface area contributed by atoms with Crippen molar-refractivity contribution < 1.29 is 0 Å². The van der Waals surface area contributed by atoms with E-state index in [1.54, 1.807) is 0 Å². The molecule has 0 aliphatic heterocycles. The summed E-state index contributed by atoms with van der Waals surface area (Å²) in [4.78, 5) is 15.4. The zero-order valence-corrected chi connectivity index (χ0v) is 30.8. The molecule has 3 heteroatoms. The molecule has 52 heavy (non-hydrogen) atoms. The van der Waals surface area contributed by atoms with Crippen LogP contribution in [0.3, 0.4) is 0 Å². The van der Waals surface area contributed by atoms with Crippen LogP contribution in [0, 0.1) is 12.8 Å². The Morgan fingerprint density at radius 2 is 1.06 bits per heavy atom. The third kappa shape index (κ3) is 7.70. The fraction of sp³-hybridized carbons (Fsp3) is 0.163. The molecule has 0 saturated carbocycles. The van der Waals surface area contributed by atoms with Crippen LogP contribution in [0.4, 0.5) is 0 Å². The number of hydrogen-bond donors (Lipinski definition) is 0. The molecular formula is C49H45N3. The molecule has 0 N–H and O–H groups in total. The minimum absolute atomic E-state index is 0.658. The van der Waals surface area contributed by atoms with Gasteiger partial charge in [-0.15, -0.1) is 0 Å². The van der Waals surface area contributed by atoms with Crippen molar-refractivity contribution in [3.05, 3.63) is 168 Å². The Balaban J connectivity index is 0.00000207. The Labute approximate surface area is 307 Å². The van der Waals surface area contributed by atoms with E-state index in [4.69, 9.17) is 15.0 Å². The molecular weight excluding hydrogens is 631 g/mol. The van der Waals surface area contributed by atoms with Crippen LogP contribution in [0.15, 0.2) is 146 Å². The first-order valence-electron chi connectivity index (χ1n) is 18.5. The van der Waals surface area contributed by atoms with Crippen LogP contribution in [0.25, 0.3) is 72.6 Å². The number of nitrogens with zero attached hydrogens (tertiary/aromatic N) is 3. The van der Waals surface area contributed by atoms with Crippen molar-refractivity contribution >= 4 is 38.8 Å². The predicted octanol–water partition coefficient (Wildman–Crippen LogP) is 13.1. The van der Waals surface area contributed by atoms with Crippen molar-refractivity contribution in [2.24, 2.45) is 5.92 Å². The Bertz CT molecular complexity index is 2540. The van der Waals surface area contributed by atoms with Gasteiger partial charge in [-0.2, -0.15) is 0 Å². The summed E-state index contributed by atoms with van der Waals surface area (Å²) in [5.41, 5.74) is 14.0. The Hall–Kier alpha value is -5.93. The summed E-state index contributed by atoms with van der Waals surface area (Å²) in [5, 5.41) is 3.29. The molecule has 3 heterocycles. The molecule has 5 aromatic carbocycles. The lowest BCUT2D eigenvalue weighted by molar-refractivity contribution is 0.647. The summed E-state index contributed by atoms with van der Waals surface area (Å²) in [6.07, 6.45) is 6.48. The minimum Gasteiger partial charge on any atom is -0.248 e. The van der Waals surface area contributed by atoms with E-state index in [0.717, 1.165) is 84.9 Å². The molecule has 8 rings (SSSR count). The van der Waals surface area contributed by atoms with E-state index in [1.165, 1.54) is 16.7 Å². The van der Waals surface area contributed by atoms with E-state index in [-0.39, 0.29) is 0 Å². The number of allylic oxidation sites excluding steroid dienone is 1. The van der Waals surface area contributed by atoms with Gasteiger partial charge in [0.15, 0.2) is 0 Å². The molecule has 0 unspecified atom stereocenters. The lowest BCUT2D eigenvalue weighted by Gasteiger charge is -2.10. The standard InChI is InChI=1S/C47H39N3.C2H6/c1-31(2)26-35-12-6-10-33(28-35)9-5-11-34-16-17-36-20-23-42(48-45(36)29-34)40-14-7-15-41(30-40)44-25-22-38-19-18-37-21-24-43(49-46(37)47(38)50-44)39-13-4-8-32(3)27-39;1-2/h4-8,10-25,27-31H,9,26H2,1-3H3;1-2H3/b11-5-;. The first kappa shape index (κ1) is 34.5. The topological polar surface area (TPSA) is 38.7 Å². The van der Waals surface area contributed by atoms with Gasteiger partial charge in [0.05, 0.1) is 33.6 Å². The zero-order valence-electron chi connectivity index (χ0n) is 30.8. The summed E-state index contributed by atoms with van der Waals surface area (Å²) in [7, 11) is 0. The maximum atomic E-state index is 5.20. The number of pyridine rings is 3. The number of benzene rings is 5. The molecule has 0 amide bonds. The Morgan fingerprint density at radius 3 is 1.71 bits per heavy atom. The van der Waals surface area contributed by atoms with Gasteiger partial charge in [0.1, 0.15) is 0 Å². The van der Waals surface area contributed by atoms with E-state index in [2.05, 4.69) is 172 Å². The van der Waals surface area contributed by atoms with E-state index < -0.39 is 0 Å². The van der Waals surface area contributed by atoms with Crippen molar-refractivity contribution in [1.29, 1.82) is 0 Å². The van der Waals surface area contributed by atoms with Crippen LogP contribution in [-0.2, 0) is 12.8 Å². The van der Waals surface area contributed by atoms with Gasteiger partial charge in [-0.1, -0.05) is 149 Å². The highest BCUT2D eigenvalue weighted by molar-refractivity contribution is 6.04. The van der Waals surface area contributed by atoms with Gasteiger partial charge in [-0.25, -0.2) is 15.0 Å². The normalized spacial score (nSPS) is 11.4. The Kier molecular flexibility index (Phi) is 10.3. The highest BCUT2D eigenvalue weighted by Crippen LogP contribution is 2.31. The fourth-order valence-electron chi connectivity index (χ4n) is 6.82. The van der Waals surface area contributed by atoms with Crippen molar-refractivity contribution in [2.45, 2.75) is 47.5 Å². The first-order valence-corrected chi connectivity index (χ1v) is 18.5. The molecule has 0 fully saturated rings. The number of fused-ring (bicyclic) bond motifs is 4. The molecule has 3 nitrogen and oxygen atoms in total. The van der Waals surface area contributed by atoms with Crippen LogP contribution < -0.4 is 0 Å². The maximum absolute atomic E-state index is 5.20. The predicted molar refractivity (Wildman–Crippen MR) is 222 cm³/mol. The highest BCUT2D eigenvalue weighted by atomic mass is 14.8. The molecule has 256 valence electrons. The molecule has 0 atom stereocenters. The van der Waals surface area contributed by atoms with Crippen LogP contribution in [0.5, 0.6) is 0 Å². The summed E-state index contributed by atoms with van der Waals surface area (Å²) in [6.45, 7) is 10.7. The third-order valence-electron chi connectivity index (χ3n) is 9.30. The van der Waals surface area contributed by atoms with Gasteiger partial charge in [0, 0.05) is 32.8 Å². The quantitative estimate of drug-likeness (QED) is 0.150. The fourth-order valence-corrected chi connectivity index (χ4v) is 6.82. The lowest BCUT2D eigenvalue weighted by atomic mass is 10.00. The average Bonchev–Trinajstić information content (AvgIpc) is 3.18. The van der Waals surface area contributed by atoms with Crippen LogP contribution >= 0.6 is 0 Å². The second-order valence-electron chi connectivity index (χ2n) is 13.7. The smallest absolute Gasteiger partial charge is 0.0972 e. The summed E-state index contributed by atoms with van der Waals surface area (Å²) < 4.78 is 0. The molecule has 0 saturated heterocycles. The first-order chi connectivity index (χ1) is 25.4. The summed E-state index contributed by atoms with van der Waals surface area (Å²) in [6, 6.07) is 49.5. The monoisotopic (exact) mass is 675 g/mol. The second kappa shape index (κ2) is 15.5. The van der Waals surface area contributed by atoms with Gasteiger partial charge in [0.2, 0.25) is 0 Å². The Morgan fingerprint density at radius 1 is 0.519 bits per heavy atom. The SMILES string of the molecule is CC.Cc1cccc(-c2ccc3ccc4ccc(-c5cccc(-c6ccc7ccc(/C=C\Cc8cccc(CC(C)C)c8)cc7n6)c5)nc4c3n2)c1. The molecule has 0 bridgehead atoms. The van der Waals surface area contributed by atoms with Gasteiger partial charge in [-0.3, -0.25) is 0 Å². The van der Waals surface area contributed by atoms with Crippen LogP contribution in [-0.4, -0.2) is 15.0 Å². The number of aromatic nitrogens is 3. The number of rotatable bonds is 8. The van der Waals surface area contributed by atoms with E-state index >= 15 is 0 Å². The lowest BCUT2D eigenvalue weighted by Crippen LogP contribution is -1.94. The van der Waals surface area contributed by atoms with Gasteiger partial charge in [0.25, 0.3) is 0 Å². The summed E-state index contributed by atoms with van der Waals surface area (Å²) >= 11 is 0. The van der Waals surface area contributed by atoms with Crippen molar-refractivity contribution in [1.82, 2.24) is 15.0 Å². The highest BCUT2D eigenvalue weighted by Gasteiger charge is 2.11. The van der Waals surface area contributed by atoms with Gasteiger partial charge >= 0.3 is 0 Å². The van der Waals surface area contributed by atoms with Crippen LogP contribution in [0.1, 0.15) is 49.9 Å². The van der Waals surface area contributed by atoms with E-state index in [9.17, 15) is 0 Å². The maximum Gasteiger partial charge on any atom is 0.0972 e. The molecule has 3 aromatic heterocycles. The molecule has 0 aliphatic carbocycles. The zero-order chi connectivity index (χ0) is 36.0. The largest absolute Gasteiger partial charge is 0.248 e. The molecule has 0 spiro atoms. The second-order valence-corrected chi connectivity index (χ2v) is 13.7. The molecule has 0 aliphatic rings. The van der Waals surface area contributed by atoms with Crippen molar-refractivity contribution in [3.63, 3.8) is 0 Å². The molecule has 8 aromatic rings. The van der Waals surface area contributed by atoms with E-state index in [0.29, 0.717) is 5.92 Å². The third-order valence-corrected chi connectivity index (χ3v) is 9.30. The summed E-state index contributed by atoms with van der Waals surface area (Å²) in [5.74, 6) is 0.658. The minimum atomic E-state index is 0.658. The molecule has 0 radical (unpaired) electrons. The average molecular weight is 676 g/mol. The van der Waals surface area contributed by atoms with Crippen LogP contribution in [0.2, 0.25) is 0 Å². The number of hydrogen-bond acceptors (Lipinski definition) is 3. The van der Waals surface area contributed by atoms with Crippen molar-refractivity contribution in [2.75, 3.05) is 0 Å². The number of aryl methyl sites for hydroxylation is 1. The van der Waals surface area contributed by atoms with Gasteiger partial charge < -0.3 is 0 Å².